The largest absolute Gasteiger partial charge is 0.465 e. The summed E-state index contributed by atoms with van der Waals surface area (Å²) in [7, 11) is 0. The molecule has 0 amide bonds. The first kappa shape index (κ1) is 17.2. The molecule has 0 saturated heterocycles. The van der Waals surface area contributed by atoms with Gasteiger partial charge in [0.1, 0.15) is 0 Å². The molecular weight excluding hydrogens is 327 g/mol. The lowest BCUT2D eigenvalue weighted by Gasteiger charge is -2.03. The highest BCUT2D eigenvalue weighted by Gasteiger charge is 1.98. The second-order valence-corrected chi connectivity index (χ2v) is 5.30. The molecule has 0 heterocycles. The zero-order valence-electron chi connectivity index (χ0n) is 11.2. The van der Waals surface area contributed by atoms with Crippen molar-refractivity contribution in [3.05, 3.63) is 0 Å². The lowest BCUT2D eigenvalue weighted by Crippen LogP contribution is -2.06. The maximum atomic E-state index is 10.8. The number of alkyl halides is 1. The van der Waals surface area contributed by atoms with Gasteiger partial charge in [0, 0.05) is 0 Å². The van der Waals surface area contributed by atoms with Crippen LogP contribution in [-0.4, -0.2) is 17.0 Å². The third kappa shape index (κ3) is 14.1. The summed E-state index contributed by atoms with van der Waals surface area (Å²) in [4.78, 5) is 10.8. The average molecular weight is 354 g/mol. The Kier molecular flexibility index (Phi) is 14.4. The Morgan fingerprint density at radius 2 is 1.35 bits per heavy atom. The molecule has 0 N–H and O–H groups in total. The van der Waals surface area contributed by atoms with Crippen LogP contribution < -0.4 is 0 Å². The molecule has 0 aliphatic rings. The number of rotatable bonds is 12. The van der Waals surface area contributed by atoms with E-state index >= 15 is 0 Å². The molecule has 0 radical (unpaired) electrons. The molecule has 0 bridgehead atoms. The van der Waals surface area contributed by atoms with E-state index in [1.165, 1.54) is 57.8 Å². The number of ether oxygens (including phenoxy) is 1. The summed E-state index contributed by atoms with van der Waals surface area (Å²) in [6.45, 7) is 2.86. The minimum absolute atomic E-state index is 0.0819. The van der Waals surface area contributed by atoms with Crippen LogP contribution in [-0.2, 0) is 9.53 Å². The molecule has 2 nitrogen and oxygen atoms in total. The number of halogens is 1. The molecule has 0 saturated carbocycles. The zero-order chi connectivity index (χ0) is 12.8. The number of hydrogen-bond donors (Lipinski definition) is 0. The maximum absolute atomic E-state index is 10.8. The number of esters is 1. The fourth-order valence-electron chi connectivity index (χ4n) is 1.81. The zero-order valence-corrected chi connectivity index (χ0v) is 13.3. The minimum Gasteiger partial charge on any atom is -0.465 e. The topological polar surface area (TPSA) is 26.3 Å². The van der Waals surface area contributed by atoms with Gasteiger partial charge >= 0.3 is 5.97 Å². The normalized spacial score (nSPS) is 10.5. The predicted molar refractivity (Wildman–Crippen MR) is 81.7 cm³/mol. The average Bonchev–Trinajstić information content (AvgIpc) is 2.35. The Hall–Kier alpha value is 0.200. The Bertz CT molecular complexity index is 172. The van der Waals surface area contributed by atoms with E-state index in [4.69, 9.17) is 4.74 Å². The second-order valence-electron chi connectivity index (χ2n) is 4.54. The van der Waals surface area contributed by atoms with Crippen molar-refractivity contribution in [1.29, 1.82) is 0 Å². The van der Waals surface area contributed by atoms with Crippen molar-refractivity contribution in [2.45, 2.75) is 71.1 Å². The molecule has 0 aliphatic carbocycles. The number of carbonyl (C=O) groups excluding carboxylic acids is 1. The maximum Gasteiger partial charge on any atom is 0.315 e. The molecule has 0 spiro atoms. The Labute approximate surface area is 120 Å². The van der Waals surface area contributed by atoms with Crippen molar-refractivity contribution < 1.29 is 9.53 Å². The quantitative estimate of drug-likeness (QED) is 0.216. The smallest absolute Gasteiger partial charge is 0.315 e. The first-order chi connectivity index (χ1) is 8.31. The van der Waals surface area contributed by atoms with Gasteiger partial charge in [-0.3, -0.25) is 4.79 Å². The third-order valence-corrected chi connectivity index (χ3v) is 3.49. The molecule has 0 unspecified atom stereocenters. The van der Waals surface area contributed by atoms with Gasteiger partial charge in [0.05, 0.1) is 11.0 Å². The van der Waals surface area contributed by atoms with Gasteiger partial charge in [-0.25, -0.2) is 0 Å². The highest BCUT2D eigenvalue weighted by molar-refractivity contribution is 14.1. The van der Waals surface area contributed by atoms with Crippen molar-refractivity contribution in [2.24, 2.45) is 0 Å². The Balaban J connectivity index is 2.96. The van der Waals surface area contributed by atoms with Gasteiger partial charge in [-0.2, -0.15) is 0 Å². The van der Waals surface area contributed by atoms with E-state index in [1.807, 2.05) is 22.6 Å². The van der Waals surface area contributed by atoms with Crippen LogP contribution >= 0.6 is 22.6 Å². The van der Waals surface area contributed by atoms with Crippen molar-refractivity contribution in [3.8, 4) is 0 Å². The van der Waals surface area contributed by atoms with Gasteiger partial charge < -0.3 is 4.74 Å². The van der Waals surface area contributed by atoms with Crippen LogP contribution in [0.25, 0.3) is 0 Å². The summed E-state index contributed by atoms with van der Waals surface area (Å²) in [6.07, 6.45) is 13.1. The van der Waals surface area contributed by atoms with Crippen LogP contribution in [0.3, 0.4) is 0 Å². The van der Waals surface area contributed by atoms with Crippen LogP contribution in [0.5, 0.6) is 0 Å². The molecule has 0 atom stereocenters. The molecule has 0 fully saturated rings. The molecular formula is C14H27IO2. The van der Waals surface area contributed by atoms with Crippen molar-refractivity contribution in [3.63, 3.8) is 0 Å². The molecule has 0 aromatic carbocycles. The molecule has 3 heteroatoms. The van der Waals surface area contributed by atoms with E-state index in [-0.39, 0.29) is 5.97 Å². The van der Waals surface area contributed by atoms with E-state index in [0.29, 0.717) is 11.0 Å². The van der Waals surface area contributed by atoms with Crippen molar-refractivity contribution in [2.75, 3.05) is 11.0 Å². The van der Waals surface area contributed by atoms with Crippen molar-refractivity contribution in [1.82, 2.24) is 0 Å². The summed E-state index contributed by atoms with van der Waals surface area (Å²) < 4.78 is 5.48. The minimum atomic E-state index is -0.0819. The van der Waals surface area contributed by atoms with E-state index < -0.39 is 0 Å². The highest BCUT2D eigenvalue weighted by Crippen LogP contribution is 2.10. The van der Waals surface area contributed by atoms with Gasteiger partial charge in [0.15, 0.2) is 0 Å². The van der Waals surface area contributed by atoms with E-state index in [9.17, 15) is 4.79 Å². The van der Waals surface area contributed by atoms with Gasteiger partial charge in [-0.1, -0.05) is 87.3 Å². The second kappa shape index (κ2) is 14.3. The SMILES string of the molecule is CCCCCCCCCCCCOC(=O)CI. The molecule has 0 aromatic rings. The van der Waals surface area contributed by atoms with Crippen LogP contribution in [0.1, 0.15) is 71.1 Å². The fourth-order valence-corrected chi connectivity index (χ4v) is 2.03. The van der Waals surface area contributed by atoms with Gasteiger partial charge in [0.2, 0.25) is 0 Å². The molecule has 0 aromatic heterocycles. The van der Waals surface area contributed by atoms with E-state index in [0.717, 1.165) is 6.42 Å². The third-order valence-electron chi connectivity index (χ3n) is 2.87. The number of hydrogen-bond acceptors (Lipinski definition) is 2. The Morgan fingerprint density at radius 3 is 1.82 bits per heavy atom. The van der Waals surface area contributed by atoms with Crippen LogP contribution in [0.15, 0.2) is 0 Å². The lowest BCUT2D eigenvalue weighted by molar-refractivity contribution is -0.140. The lowest BCUT2D eigenvalue weighted by atomic mass is 10.1. The van der Waals surface area contributed by atoms with Crippen molar-refractivity contribution >= 4 is 28.6 Å². The van der Waals surface area contributed by atoms with Crippen LogP contribution in [0, 0.1) is 0 Å². The molecule has 0 aliphatic heterocycles. The number of carbonyl (C=O) groups is 1. The standard InChI is InChI=1S/C14H27IO2/c1-2-3-4-5-6-7-8-9-10-11-12-17-14(16)13-15/h2-13H2,1H3. The number of unbranched alkanes of at least 4 members (excludes halogenated alkanes) is 9. The van der Waals surface area contributed by atoms with Crippen LogP contribution in [0.4, 0.5) is 0 Å². The van der Waals surface area contributed by atoms with E-state index in [1.54, 1.807) is 0 Å². The summed E-state index contributed by atoms with van der Waals surface area (Å²) in [5, 5.41) is 0. The van der Waals surface area contributed by atoms with Gasteiger partial charge in [0.25, 0.3) is 0 Å². The van der Waals surface area contributed by atoms with Gasteiger partial charge in [-0.05, 0) is 6.42 Å². The molecule has 102 valence electrons. The summed E-state index contributed by atoms with van der Waals surface area (Å²) in [5.74, 6) is -0.0819. The Morgan fingerprint density at radius 1 is 0.882 bits per heavy atom. The summed E-state index contributed by atoms with van der Waals surface area (Å²) in [6, 6.07) is 0. The van der Waals surface area contributed by atoms with Gasteiger partial charge in [-0.15, -0.1) is 0 Å². The summed E-state index contributed by atoms with van der Waals surface area (Å²) >= 11 is 2.03. The monoisotopic (exact) mass is 354 g/mol. The first-order valence-electron chi connectivity index (χ1n) is 7.02. The van der Waals surface area contributed by atoms with Crippen LogP contribution in [0.2, 0.25) is 0 Å². The first-order valence-corrected chi connectivity index (χ1v) is 8.55. The summed E-state index contributed by atoms with van der Waals surface area (Å²) in [5.41, 5.74) is 0. The van der Waals surface area contributed by atoms with E-state index in [2.05, 4.69) is 6.92 Å². The predicted octanol–water partition coefficient (Wildman–Crippen LogP) is 4.89. The molecule has 17 heavy (non-hydrogen) atoms. The highest BCUT2D eigenvalue weighted by atomic mass is 127. The molecule has 0 rings (SSSR count). The fraction of sp³-hybridized carbons (Fsp3) is 0.929.